The molecular formula is C35H43FN6O4. The highest BCUT2D eigenvalue weighted by Gasteiger charge is 2.35. The standard InChI is InChI=1S/C35H43FN6O4/c1-35(2,3)46-34(44)42-16-15-25(28(36)22-42)21-40-17-19-41(20-18-40)29-12-8-11-26-31(38-39(4)32(26)29)27-13-14-30(43)37-33(27)45-23-24-9-6-5-7-10-24/h5-14,25,28H,15-23H2,1-4H3,(H,37,43)/t25-,28+/m0/s1. The van der Waals surface area contributed by atoms with Crippen molar-refractivity contribution < 1.29 is 18.7 Å². The Hall–Kier alpha value is -4.38. The Balaban J connectivity index is 1.13. The minimum Gasteiger partial charge on any atom is -0.474 e. The third-order valence-corrected chi connectivity index (χ3v) is 8.74. The van der Waals surface area contributed by atoms with E-state index in [2.05, 4.69) is 26.9 Å². The molecule has 2 aromatic heterocycles. The first-order valence-corrected chi connectivity index (χ1v) is 16.0. The number of hydrogen-bond acceptors (Lipinski definition) is 7. The fraction of sp³-hybridized carbons (Fsp3) is 0.457. The third-order valence-electron chi connectivity index (χ3n) is 8.74. The summed E-state index contributed by atoms with van der Waals surface area (Å²) in [5.74, 6) is 0.280. The van der Waals surface area contributed by atoms with E-state index in [-0.39, 0.29) is 18.0 Å². The molecule has 6 rings (SSSR count). The summed E-state index contributed by atoms with van der Waals surface area (Å²) in [7, 11) is 1.94. The van der Waals surface area contributed by atoms with Crippen molar-refractivity contribution in [3.8, 4) is 17.1 Å². The largest absolute Gasteiger partial charge is 0.474 e. The number of H-pyrrole nitrogens is 1. The topological polar surface area (TPSA) is 95.9 Å². The van der Waals surface area contributed by atoms with E-state index in [1.165, 1.54) is 11.0 Å². The summed E-state index contributed by atoms with van der Waals surface area (Å²) in [4.78, 5) is 33.7. The van der Waals surface area contributed by atoms with Gasteiger partial charge in [0, 0.05) is 63.7 Å². The van der Waals surface area contributed by atoms with E-state index < -0.39 is 17.9 Å². The SMILES string of the molecule is Cn1nc(-c2ccc(=O)[nH]c2OCc2ccccc2)c2cccc(N3CCN(C[C@@H]4CCN(C(=O)OC(C)(C)C)C[C@H]4F)CC3)c21. The number of carbonyl (C=O) groups is 1. The molecular weight excluding hydrogens is 587 g/mol. The summed E-state index contributed by atoms with van der Waals surface area (Å²) in [5, 5.41) is 5.87. The van der Waals surface area contributed by atoms with Gasteiger partial charge in [-0.15, -0.1) is 0 Å². The van der Waals surface area contributed by atoms with Gasteiger partial charge in [0.25, 0.3) is 5.56 Å². The molecule has 2 aliphatic heterocycles. The number of nitrogens with zero attached hydrogens (tertiary/aromatic N) is 5. The zero-order valence-corrected chi connectivity index (χ0v) is 27.0. The number of piperidine rings is 1. The van der Waals surface area contributed by atoms with Gasteiger partial charge in [-0.05, 0) is 44.9 Å². The second kappa shape index (κ2) is 13.2. The predicted molar refractivity (Wildman–Crippen MR) is 177 cm³/mol. The van der Waals surface area contributed by atoms with E-state index in [0.717, 1.165) is 59.6 Å². The molecule has 2 aromatic carbocycles. The maximum absolute atomic E-state index is 15.2. The highest BCUT2D eigenvalue weighted by molar-refractivity contribution is 6.01. The van der Waals surface area contributed by atoms with Crippen LogP contribution in [-0.2, 0) is 18.4 Å². The van der Waals surface area contributed by atoms with Crippen molar-refractivity contribution in [3.63, 3.8) is 0 Å². The molecule has 4 heterocycles. The van der Waals surface area contributed by atoms with Gasteiger partial charge < -0.3 is 19.3 Å². The molecule has 1 N–H and O–H groups in total. The van der Waals surface area contributed by atoms with Crippen molar-refractivity contribution in [2.24, 2.45) is 13.0 Å². The van der Waals surface area contributed by atoms with Gasteiger partial charge in [-0.3, -0.25) is 19.4 Å². The first-order valence-electron chi connectivity index (χ1n) is 16.0. The van der Waals surface area contributed by atoms with Crippen LogP contribution in [0.15, 0.2) is 65.5 Å². The van der Waals surface area contributed by atoms with Gasteiger partial charge in [0.1, 0.15) is 24.1 Å². The molecule has 0 aliphatic carbocycles. The van der Waals surface area contributed by atoms with Crippen LogP contribution in [-0.4, -0.2) is 88.2 Å². The lowest BCUT2D eigenvalue weighted by atomic mass is 9.94. The third kappa shape index (κ3) is 7.04. The van der Waals surface area contributed by atoms with E-state index in [1.54, 1.807) is 6.07 Å². The van der Waals surface area contributed by atoms with Gasteiger partial charge in [0.2, 0.25) is 5.88 Å². The van der Waals surface area contributed by atoms with Crippen molar-refractivity contribution in [2.75, 3.05) is 50.7 Å². The second-order valence-corrected chi connectivity index (χ2v) is 13.3. The maximum Gasteiger partial charge on any atom is 0.410 e. The summed E-state index contributed by atoms with van der Waals surface area (Å²) >= 11 is 0. The number of amides is 1. The van der Waals surface area contributed by atoms with Crippen LogP contribution >= 0.6 is 0 Å². The average molecular weight is 631 g/mol. The van der Waals surface area contributed by atoms with Crippen LogP contribution in [0, 0.1) is 5.92 Å². The van der Waals surface area contributed by atoms with Gasteiger partial charge in [-0.2, -0.15) is 5.10 Å². The van der Waals surface area contributed by atoms with E-state index in [1.807, 2.05) is 68.9 Å². The van der Waals surface area contributed by atoms with Crippen molar-refractivity contribution >= 4 is 22.7 Å². The number of halogens is 1. The smallest absolute Gasteiger partial charge is 0.410 e. The zero-order valence-electron chi connectivity index (χ0n) is 27.0. The molecule has 0 bridgehead atoms. The average Bonchev–Trinajstić information content (AvgIpc) is 3.37. The minimum absolute atomic E-state index is 0.0820. The number of fused-ring (bicyclic) bond motifs is 1. The number of nitrogens with one attached hydrogen (secondary N) is 1. The number of aromatic amines is 1. The van der Waals surface area contributed by atoms with Crippen LogP contribution in [0.2, 0.25) is 0 Å². The van der Waals surface area contributed by atoms with E-state index in [4.69, 9.17) is 14.6 Å². The molecule has 244 valence electrons. The summed E-state index contributed by atoms with van der Waals surface area (Å²) in [6, 6.07) is 19.3. The minimum atomic E-state index is -1.07. The Kier molecular flexibility index (Phi) is 9.04. The number of para-hydroxylation sites is 1. The van der Waals surface area contributed by atoms with Crippen LogP contribution < -0.4 is 15.2 Å². The van der Waals surface area contributed by atoms with Crippen molar-refractivity contribution in [3.05, 3.63) is 76.6 Å². The Bertz CT molecular complexity index is 1720. The number of benzene rings is 2. The fourth-order valence-corrected chi connectivity index (χ4v) is 6.41. The van der Waals surface area contributed by atoms with Crippen molar-refractivity contribution in [1.29, 1.82) is 0 Å². The Morgan fingerprint density at radius 2 is 1.76 bits per heavy atom. The van der Waals surface area contributed by atoms with Crippen LogP contribution in [0.4, 0.5) is 14.9 Å². The molecule has 2 aliphatic rings. The van der Waals surface area contributed by atoms with Gasteiger partial charge in [0.15, 0.2) is 0 Å². The zero-order chi connectivity index (χ0) is 32.4. The first-order chi connectivity index (χ1) is 22.1. The lowest BCUT2D eigenvalue weighted by molar-refractivity contribution is 0.00145. The molecule has 0 radical (unpaired) electrons. The van der Waals surface area contributed by atoms with Gasteiger partial charge in [-0.25, -0.2) is 9.18 Å². The molecule has 0 saturated carbocycles. The number of likely N-dealkylation sites (tertiary alicyclic amines) is 1. The molecule has 11 heteroatoms. The number of carbonyl (C=O) groups excluding carboxylic acids is 1. The molecule has 46 heavy (non-hydrogen) atoms. The summed E-state index contributed by atoms with van der Waals surface area (Å²) in [6.45, 7) is 10.3. The van der Waals surface area contributed by atoms with Gasteiger partial charge in [-0.1, -0.05) is 42.5 Å². The summed E-state index contributed by atoms with van der Waals surface area (Å²) in [6.07, 6.45) is -0.888. The number of pyridine rings is 1. The molecule has 1 amide bonds. The lowest BCUT2D eigenvalue weighted by Crippen LogP contribution is -2.52. The number of hydrogen-bond donors (Lipinski definition) is 1. The highest BCUT2D eigenvalue weighted by atomic mass is 19.1. The molecule has 2 atom stereocenters. The van der Waals surface area contributed by atoms with Crippen molar-refractivity contribution in [1.82, 2.24) is 24.6 Å². The number of piperazine rings is 1. The van der Waals surface area contributed by atoms with Crippen LogP contribution in [0.5, 0.6) is 5.88 Å². The Morgan fingerprint density at radius 3 is 2.48 bits per heavy atom. The monoisotopic (exact) mass is 630 g/mol. The number of alkyl halides is 1. The quantitative estimate of drug-likeness (QED) is 0.299. The normalized spacial score (nSPS) is 19.4. The van der Waals surface area contributed by atoms with E-state index in [0.29, 0.717) is 32.0 Å². The predicted octanol–water partition coefficient (Wildman–Crippen LogP) is 5.22. The van der Waals surface area contributed by atoms with Gasteiger partial charge in [0.05, 0.1) is 23.3 Å². The van der Waals surface area contributed by atoms with Crippen molar-refractivity contribution in [2.45, 2.75) is 45.6 Å². The van der Waals surface area contributed by atoms with Crippen LogP contribution in [0.25, 0.3) is 22.2 Å². The van der Waals surface area contributed by atoms with Crippen LogP contribution in [0.3, 0.4) is 0 Å². The van der Waals surface area contributed by atoms with E-state index in [9.17, 15) is 9.59 Å². The number of rotatable bonds is 7. The summed E-state index contributed by atoms with van der Waals surface area (Å²) < 4.78 is 28.7. The first kappa shape index (κ1) is 31.6. The Morgan fingerprint density at radius 1 is 1.00 bits per heavy atom. The summed E-state index contributed by atoms with van der Waals surface area (Å²) in [5.41, 5.74) is 3.72. The number of aromatic nitrogens is 3. The molecule has 0 spiro atoms. The molecule has 2 fully saturated rings. The number of ether oxygens (including phenoxy) is 2. The molecule has 10 nitrogen and oxygen atoms in total. The molecule has 4 aromatic rings. The Labute approximate surface area is 268 Å². The maximum atomic E-state index is 15.2. The molecule has 2 saturated heterocycles. The number of anilines is 1. The number of aryl methyl sites for hydroxylation is 1. The van der Waals surface area contributed by atoms with Crippen LogP contribution in [0.1, 0.15) is 32.8 Å². The highest BCUT2D eigenvalue weighted by Crippen LogP contribution is 2.37. The van der Waals surface area contributed by atoms with Gasteiger partial charge >= 0.3 is 6.09 Å². The second-order valence-electron chi connectivity index (χ2n) is 13.3. The lowest BCUT2D eigenvalue weighted by Gasteiger charge is -2.41. The fourth-order valence-electron chi connectivity index (χ4n) is 6.41. The van der Waals surface area contributed by atoms with E-state index >= 15 is 4.39 Å². The molecule has 0 unspecified atom stereocenters.